The summed E-state index contributed by atoms with van der Waals surface area (Å²) in [6.07, 6.45) is 5.90. The number of halogens is 1. The van der Waals surface area contributed by atoms with Crippen molar-refractivity contribution in [2.45, 2.75) is 26.3 Å². The van der Waals surface area contributed by atoms with Gasteiger partial charge in [-0.3, -0.25) is 0 Å². The third-order valence-corrected chi connectivity index (χ3v) is 3.65. The van der Waals surface area contributed by atoms with Crippen molar-refractivity contribution < 1.29 is 26.8 Å². The molecule has 4 nitrogen and oxygen atoms in total. The van der Waals surface area contributed by atoms with Crippen LogP contribution in [0.4, 0.5) is 4.79 Å². The van der Waals surface area contributed by atoms with E-state index in [-0.39, 0.29) is 18.5 Å². The highest BCUT2D eigenvalue weighted by atomic mass is 35.5. The molecule has 0 bridgehead atoms. The zero-order valence-electron chi connectivity index (χ0n) is 13.7. The molecule has 0 saturated carbocycles. The average Bonchev–Trinajstić information content (AvgIpc) is 2.46. The van der Waals surface area contributed by atoms with Crippen LogP contribution in [-0.4, -0.2) is 44.2 Å². The molecule has 0 aliphatic carbocycles. The van der Waals surface area contributed by atoms with E-state index in [2.05, 4.69) is 19.9 Å². The van der Waals surface area contributed by atoms with Crippen molar-refractivity contribution in [1.29, 1.82) is 0 Å². The van der Waals surface area contributed by atoms with E-state index in [1.54, 1.807) is 13.1 Å². The molecule has 1 aromatic carbocycles. The summed E-state index contributed by atoms with van der Waals surface area (Å²) in [5, 5.41) is 0. The highest BCUT2D eigenvalue weighted by Gasteiger charge is 2.14. The van der Waals surface area contributed by atoms with E-state index in [0.717, 1.165) is 12.0 Å². The fourth-order valence-corrected chi connectivity index (χ4v) is 1.91. The maximum atomic E-state index is 11.7. The minimum atomic E-state index is -0.335. The lowest BCUT2D eigenvalue weighted by Gasteiger charge is -2.20. The standard InChI is InChI=1S/C17H24N2O2.ClH/c1-6-11-19(5)14(3)12-15-9-8-10-16(13-15)21-17(20)18(4)7-2;/h1,8-10,13-14H,7,11-12H2,2-5H3;1H. The Kier molecular flexibility index (Phi) is 9.32. The number of amides is 1. The number of nitrogens with zero attached hydrogens (tertiary/aromatic N) is 1. The van der Waals surface area contributed by atoms with Crippen LogP contribution in [0.5, 0.6) is 5.75 Å². The van der Waals surface area contributed by atoms with Gasteiger partial charge in [-0.1, -0.05) is 12.1 Å². The highest BCUT2D eigenvalue weighted by Crippen LogP contribution is 2.15. The van der Waals surface area contributed by atoms with Gasteiger partial charge in [0.25, 0.3) is 0 Å². The van der Waals surface area contributed by atoms with Crippen molar-refractivity contribution >= 4 is 6.09 Å². The molecule has 1 aromatic rings. The molecule has 0 saturated heterocycles. The summed E-state index contributed by atoms with van der Waals surface area (Å²) < 4.78 is 5.35. The summed E-state index contributed by atoms with van der Waals surface area (Å²) >= 11 is 0. The van der Waals surface area contributed by atoms with Crippen LogP contribution in [0.15, 0.2) is 24.3 Å². The highest BCUT2D eigenvalue weighted by molar-refractivity contribution is 5.70. The van der Waals surface area contributed by atoms with Gasteiger partial charge < -0.3 is 26.9 Å². The number of likely N-dealkylation sites (N-methyl/N-ethyl adjacent to an activating group) is 1. The molecule has 0 radical (unpaired) electrons. The van der Waals surface area contributed by atoms with Gasteiger partial charge in [-0.25, -0.2) is 4.79 Å². The van der Waals surface area contributed by atoms with Gasteiger partial charge in [-0.2, -0.15) is 0 Å². The van der Waals surface area contributed by atoms with Crippen molar-refractivity contribution in [1.82, 2.24) is 4.90 Å². The van der Waals surface area contributed by atoms with Crippen LogP contribution < -0.4 is 22.0 Å². The monoisotopic (exact) mass is 324 g/mol. The van der Waals surface area contributed by atoms with Crippen LogP contribution in [-0.2, 0) is 6.42 Å². The fraction of sp³-hybridized carbons (Fsp3) is 0.471. The van der Waals surface area contributed by atoms with E-state index < -0.39 is 0 Å². The fourth-order valence-electron chi connectivity index (χ4n) is 1.91. The number of quaternary nitrogens is 1. The van der Waals surface area contributed by atoms with Gasteiger partial charge in [-0.15, -0.1) is 6.42 Å². The first-order chi connectivity index (χ1) is 9.97. The van der Waals surface area contributed by atoms with Gasteiger partial charge in [0.1, 0.15) is 12.3 Å². The van der Waals surface area contributed by atoms with Crippen LogP contribution in [0.3, 0.4) is 0 Å². The quantitative estimate of drug-likeness (QED) is 0.628. The number of ether oxygens (including phenoxy) is 1. The van der Waals surface area contributed by atoms with Gasteiger partial charge in [-0.05, 0) is 37.5 Å². The molecule has 2 atom stereocenters. The first kappa shape index (κ1) is 20.3. The Hall–Kier alpha value is -1.70. The van der Waals surface area contributed by atoms with Crippen LogP contribution in [0.1, 0.15) is 19.4 Å². The molecule has 0 aliphatic heterocycles. The smallest absolute Gasteiger partial charge is 0.414 e. The molecule has 1 rings (SSSR count). The Morgan fingerprint density at radius 1 is 1.50 bits per heavy atom. The number of rotatable bonds is 6. The van der Waals surface area contributed by atoms with Crippen molar-refractivity contribution in [2.24, 2.45) is 0 Å². The molecule has 5 heteroatoms. The van der Waals surface area contributed by atoms with Gasteiger partial charge in [0, 0.05) is 20.0 Å². The Morgan fingerprint density at radius 2 is 2.18 bits per heavy atom. The second kappa shape index (κ2) is 10.1. The number of hydrogen-bond donors (Lipinski definition) is 1. The third-order valence-electron chi connectivity index (χ3n) is 3.65. The van der Waals surface area contributed by atoms with Crippen molar-refractivity contribution in [3.63, 3.8) is 0 Å². The first-order valence-corrected chi connectivity index (χ1v) is 7.25. The molecule has 0 heterocycles. The molecule has 22 heavy (non-hydrogen) atoms. The van der Waals surface area contributed by atoms with E-state index in [9.17, 15) is 4.79 Å². The Balaban J connectivity index is 0.00000441. The average molecular weight is 325 g/mol. The lowest BCUT2D eigenvalue weighted by Crippen LogP contribution is -3.12. The summed E-state index contributed by atoms with van der Waals surface area (Å²) in [5.41, 5.74) is 1.14. The zero-order valence-corrected chi connectivity index (χ0v) is 14.5. The number of carbonyl (C=O) groups excluding carboxylic acids is 1. The van der Waals surface area contributed by atoms with Crippen molar-refractivity contribution in [3.8, 4) is 18.1 Å². The van der Waals surface area contributed by atoms with Crippen LogP contribution >= 0.6 is 0 Å². The summed E-state index contributed by atoms with van der Waals surface area (Å²) in [4.78, 5) is 14.6. The predicted molar refractivity (Wildman–Crippen MR) is 84.5 cm³/mol. The van der Waals surface area contributed by atoms with Crippen LogP contribution in [0.25, 0.3) is 0 Å². The van der Waals surface area contributed by atoms with E-state index in [1.165, 1.54) is 9.80 Å². The Bertz CT molecular complexity index is 514. The number of hydrogen-bond acceptors (Lipinski definition) is 2. The summed E-state index contributed by atoms with van der Waals surface area (Å²) in [6, 6.07) is 8.08. The molecule has 0 spiro atoms. The molecule has 0 aromatic heterocycles. The van der Waals surface area contributed by atoms with Crippen molar-refractivity contribution in [3.05, 3.63) is 29.8 Å². The van der Waals surface area contributed by atoms with Crippen molar-refractivity contribution in [2.75, 3.05) is 27.2 Å². The number of nitrogens with one attached hydrogen (secondary N) is 1. The molecule has 0 fully saturated rings. The number of terminal acetylenes is 1. The molecule has 122 valence electrons. The summed E-state index contributed by atoms with van der Waals surface area (Å²) in [5.74, 6) is 3.26. The number of carbonyl (C=O) groups is 1. The molecule has 0 aliphatic rings. The molecule has 1 N–H and O–H groups in total. The second-order valence-corrected chi connectivity index (χ2v) is 5.36. The second-order valence-electron chi connectivity index (χ2n) is 5.36. The summed E-state index contributed by atoms with van der Waals surface area (Å²) in [6.45, 7) is 5.40. The molecular formula is C17H25ClN2O2. The van der Waals surface area contributed by atoms with Gasteiger partial charge in [0.15, 0.2) is 0 Å². The number of benzene rings is 1. The normalized spacial score (nSPS) is 12.5. The van der Waals surface area contributed by atoms with E-state index in [0.29, 0.717) is 24.9 Å². The molecule has 2 unspecified atom stereocenters. The van der Waals surface area contributed by atoms with Crippen LogP contribution in [0.2, 0.25) is 0 Å². The van der Waals surface area contributed by atoms with E-state index in [1.807, 2.05) is 25.1 Å². The zero-order chi connectivity index (χ0) is 15.8. The predicted octanol–water partition coefficient (Wildman–Crippen LogP) is -1.78. The minimum absolute atomic E-state index is 0. The van der Waals surface area contributed by atoms with E-state index in [4.69, 9.17) is 11.2 Å². The third kappa shape index (κ3) is 6.38. The lowest BCUT2D eigenvalue weighted by atomic mass is 10.1. The maximum absolute atomic E-state index is 11.7. The lowest BCUT2D eigenvalue weighted by molar-refractivity contribution is -0.896. The molecule has 1 amide bonds. The Labute approximate surface area is 139 Å². The van der Waals surface area contributed by atoms with Gasteiger partial charge in [0.2, 0.25) is 0 Å². The maximum Gasteiger partial charge on any atom is 0.414 e. The molecular weight excluding hydrogens is 300 g/mol. The van der Waals surface area contributed by atoms with E-state index >= 15 is 0 Å². The first-order valence-electron chi connectivity index (χ1n) is 7.25. The summed E-state index contributed by atoms with van der Waals surface area (Å²) in [7, 11) is 3.80. The van der Waals surface area contributed by atoms with Gasteiger partial charge >= 0.3 is 6.09 Å². The largest absolute Gasteiger partial charge is 1.00 e. The topological polar surface area (TPSA) is 34.0 Å². The SMILES string of the molecule is C#CC[NH+](C)C(C)Cc1cccc(OC(=O)N(C)CC)c1.[Cl-]. The minimum Gasteiger partial charge on any atom is -1.00 e. The van der Waals surface area contributed by atoms with Gasteiger partial charge in [0.05, 0.1) is 13.1 Å². The Morgan fingerprint density at radius 3 is 2.77 bits per heavy atom. The van der Waals surface area contributed by atoms with Crippen LogP contribution in [0, 0.1) is 12.3 Å².